The number of carbonyl (C=O) groups excluding carboxylic acids is 1. The number of nitrogens with zero attached hydrogens (tertiary/aromatic N) is 2. The minimum absolute atomic E-state index is 0.00927. The van der Waals surface area contributed by atoms with E-state index in [-0.39, 0.29) is 31.3 Å². The van der Waals surface area contributed by atoms with E-state index >= 15 is 0 Å². The van der Waals surface area contributed by atoms with Crippen LogP contribution in [0.3, 0.4) is 0 Å². The second kappa shape index (κ2) is 15.8. The largest absolute Gasteiger partial charge is 0.392 e. The number of halogens is 5. The third-order valence-electron chi connectivity index (χ3n) is 9.42. The molecule has 2 aliphatic rings. The lowest BCUT2D eigenvalue weighted by Crippen LogP contribution is -2.51. The molecule has 0 spiro atoms. The number of carbonyl (C=O) groups is 1. The van der Waals surface area contributed by atoms with Crippen LogP contribution in [0.2, 0.25) is 0 Å². The van der Waals surface area contributed by atoms with Gasteiger partial charge in [0, 0.05) is 57.3 Å². The van der Waals surface area contributed by atoms with E-state index in [1.165, 1.54) is 5.56 Å². The molecule has 4 aromatic carbocycles. The second-order valence-electron chi connectivity index (χ2n) is 12.8. The van der Waals surface area contributed by atoms with Crippen molar-refractivity contribution in [1.29, 1.82) is 0 Å². The number of amides is 1. The van der Waals surface area contributed by atoms with Crippen molar-refractivity contribution in [3.05, 3.63) is 141 Å². The molecule has 2 saturated heterocycles. The number of hydrogen-bond acceptors (Lipinski definition) is 6. The molecule has 2 aliphatic heterocycles. The zero-order valence-corrected chi connectivity index (χ0v) is 27.4. The number of piperazine rings is 1. The molecule has 12 heteroatoms. The Hall–Kier alpha value is -4.20. The second-order valence-corrected chi connectivity index (χ2v) is 12.8. The molecule has 0 unspecified atom stereocenters. The molecule has 4 aromatic rings. The summed E-state index contributed by atoms with van der Waals surface area (Å²) in [7, 11) is 0. The van der Waals surface area contributed by atoms with E-state index in [9.17, 15) is 31.9 Å². The molecule has 0 radical (unpaired) electrons. The van der Waals surface area contributed by atoms with Crippen molar-refractivity contribution >= 4 is 5.91 Å². The molecule has 0 bridgehead atoms. The molecular formula is C38H38F5N3O4. The molecule has 2 fully saturated rings. The lowest BCUT2D eigenvalue weighted by atomic mass is 9.90. The van der Waals surface area contributed by atoms with E-state index in [0.29, 0.717) is 17.7 Å². The van der Waals surface area contributed by atoms with Gasteiger partial charge in [0.05, 0.1) is 18.8 Å². The van der Waals surface area contributed by atoms with Gasteiger partial charge in [0.1, 0.15) is 5.56 Å². The van der Waals surface area contributed by atoms with Crippen molar-refractivity contribution in [3.8, 4) is 0 Å². The van der Waals surface area contributed by atoms with Crippen molar-refractivity contribution in [3.63, 3.8) is 0 Å². The van der Waals surface area contributed by atoms with Crippen molar-refractivity contribution < 1.29 is 41.3 Å². The maximum Gasteiger partial charge on any atom is 0.257 e. The monoisotopic (exact) mass is 695 g/mol. The molecule has 2 N–H and O–H groups in total. The van der Waals surface area contributed by atoms with Crippen LogP contribution in [0.4, 0.5) is 22.0 Å². The van der Waals surface area contributed by atoms with Crippen LogP contribution in [0, 0.1) is 35.0 Å². The van der Waals surface area contributed by atoms with Gasteiger partial charge in [0.25, 0.3) is 5.91 Å². The van der Waals surface area contributed by atoms with E-state index in [0.717, 1.165) is 43.9 Å². The van der Waals surface area contributed by atoms with Crippen LogP contribution in [-0.2, 0) is 29.2 Å². The van der Waals surface area contributed by atoms with Gasteiger partial charge >= 0.3 is 0 Å². The van der Waals surface area contributed by atoms with Gasteiger partial charge in [-0.2, -0.15) is 0 Å². The number of rotatable bonds is 10. The Labute approximate surface area is 287 Å². The van der Waals surface area contributed by atoms with Crippen LogP contribution in [-0.4, -0.2) is 59.6 Å². The van der Waals surface area contributed by atoms with E-state index in [2.05, 4.69) is 46.3 Å². The molecule has 6 rings (SSSR count). The van der Waals surface area contributed by atoms with Crippen LogP contribution in [0.15, 0.2) is 78.9 Å². The van der Waals surface area contributed by atoms with Crippen LogP contribution >= 0.6 is 0 Å². The maximum absolute atomic E-state index is 14.1. The number of benzene rings is 4. The molecular weight excluding hydrogens is 657 g/mol. The highest BCUT2D eigenvalue weighted by molar-refractivity contribution is 5.94. The van der Waals surface area contributed by atoms with Gasteiger partial charge in [-0.3, -0.25) is 14.6 Å². The molecule has 50 heavy (non-hydrogen) atoms. The normalized spacial score (nSPS) is 21.7. The smallest absolute Gasteiger partial charge is 0.257 e. The first-order valence-electron chi connectivity index (χ1n) is 16.5. The fraction of sp³-hybridized carbons (Fsp3) is 0.342. The first-order chi connectivity index (χ1) is 24.1. The topological polar surface area (TPSA) is 74.3 Å². The summed E-state index contributed by atoms with van der Waals surface area (Å²) in [6.07, 6.45) is -1.24. The van der Waals surface area contributed by atoms with Crippen LogP contribution in [0.5, 0.6) is 0 Å². The number of ether oxygens (including phenoxy) is 2. The number of aliphatic hydroxyl groups is 1. The summed E-state index contributed by atoms with van der Waals surface area (Å²) in [5.41, 5.74) is 2.69. The van der Waals surface area contributed by atoms with Crippen molar-refractivity contribution in [2.45, 2.75) is 45.1 Å². The van der Waals surface area contributed by atoms with Crippen molar-refractivity contribution in [2.75, 3.05) is 32.7 Å². The minimum Gasteiger partial charge on any atom is -0.392 e. The molecule has 7 nitrogen and oxygen atoms in total. The summed E-state index contributed by atoms with van der Waals surface area (Å²) in [4.78, 5) is 17.3. The summed E-state index contributed by atoms with van der Waals surface area (Å²) in [6.45, 7) is 7.07. The summed E-state index contributed by atoms with van der Waals surface area (Å²) >= 11 is 0. The fourth-order valence-electron chi connectivity index (χ4n) is 6.42. The van der Waals surface area contributed by atoms with Gasteiger partial charge in [-0.15, -0.1) is 0 Å². The number of aliphatic hydroxyl groups excluding tert-OH is 1. The van der Waals surface area contributed by atoms with E-state index in [4.69, 9.17) is 9.47 Å². The number of nitrogens with one attached hydrogen (secondary N) is 1. The summed E-state index contributed by atoms with van der Waals surface area (Å²) < 4.78 is 82.0. The highest BCUT2D eigenvalue weighted by atomic mass is 19.2. The van der Waals surface area contributed by atoms with Gasteiger partial charge in [0.2, 0.25) is 5.82 Å². The first kappa shape index (κ1) is 35.6. The fourth-order valence-corrected chi connectivity index (χ4v) is 6.42. The van der Waals surface area contributed by atoms with Gasteiger partial charge in [0.15, 0.2) is 29.6 Å². The lowest BCUT2D eigenvalue weighted by molar-refractivity contribution is -0.276. The third-order valence-corrected chi connectivity index (χ3v) is 9.42. The van der Waals surface area contributed by atoms with E-state index in [1.807, 2.05) is 30.3 Å². The van der Waals surface area contributed by atoms with Gasteiger partial charge in [-0.05, 0) is 22.3 Å². The minimum atomic E-state index is -2.33. The molecule has 1 amide bonds. The summed E-state index contributed by atoms with van der Waals surface area (Å²) in [5.74, 6) is -12.5. The van der Waals surface area contributed by atoms with Gasteiger partial charge in [-0.25, -0.2) is 22.0 Å². The van der Waals surface area contributed by atoms with Crippen LogP contribution in [0.1, 0.15) is 57.5 Å². The highest BCUT2D eigenvalue weighted by Gasteiger charge is 2.39. The van der Waals surface area contributed by atoms with E-state index < -0.39 is 46.8 Å². The third kappa shape index (κ3) is 7.90. The van der Waals surface area contributed by atoms with Gasteiger partial charge < -0.3 is 19.9 Å². The zero-order valence-electron chi connectivity index (χ0n) is 27.4. The lowest BCUT2D eigenvalue weighted by Gasteiger charge is -2.44. The van der Waals surface area contributed by atoms with Gasteiger partial charge in [-0.1, -0.05) is 85.8 Å². The SMILES string of the molecule is C[C@@H]1[C@H](CN2CCN(Cc3ccccc3)CC2)O[C@H](c2ccc(CNC(=O)c3c(F)c(F)c(F)c(F)c3F)cc2)O[C@@H]1c1ccc(CO)cc1. The number of hydrogen-bond donors (Lipinski definition) is 2. The standard InChI is InChI=1S/C38H38F5N3O4/c1-23-29(21-46-17-15-45(16-18-46)20-25-5-3-2-4-6-25)49-38(50-36(23)27-11-9-26(22-47)10-12-27)28-13-7-24(8-14-28)19-44-37(48)30-31(39)33(41)35(43)34(42)32(30)40/h2-14,23,29,36,38,47H,15-22H2,1H3,(H,44,48)/t23-,29+,36+,38+/m1/s1. The molecule has 0 aromatic heterocycles. The summed E-state index contributed by atoms with van der Waals surface area (Å²) in [6, 6.07) is 24.8. The Bertz CT molecular complexity index is 1740. The zero-order chi connectivity index (χ0) is 35.4. The van der Waals surface area contributed by atoms with E-state index in [1.54, 1.807) is 24.3 Å². The Morgan fingerprint density at radius 1 is 0.720 bits per heavy atom. The average molecular weight is 696 g/mol. The average Bonchev–Trinajstić information content (AvgIpc) is 3.14. The van der Waals surface area contributed by atoms with Crippen LogP contribution < -0.4 is 5.32 Å². The molecule has 4 atom stereocenters. The molecule has 0 saturated carbocycles. The quantitative estimate of drug-likeness (QED) is 0.114. The first-order valence-corrected chi connectivity index (χ1v) is 16.5. The summed E-state index contributed by atoms with van der Waals surface area (Å²) in [5, 5.41) is 11.8. The maximum atomic E-state index is 14.1. The van der Waals surface area contributed by atoms with Crippen LogP contribution in [0.25, 0.3) is 0 Å². The van der Waals surface area contributed by atoms with Crippen molar-refractivity contribution in [2.24, 2.45) is 5.92 Å². The molecule has 2 heterocycles. The Morgan fingerprint density at radius 2 is 1.28 bits per heavy atom. The van der Waals surface area contributed by atoms with Crippen molar-refractivity contribution in [1.82, 2.24) is 15.1 Å². The molecule has 0 aliphatic carbocycles. The predicted molar refractivity (Wildman–Crippen MR) is 175 cm³/mol. The Morgan fingerprint density at radius 3 is 1.90 bits per heavy atom. The Kier molecular flexibility index (Phi) is 11.2. The Balaban J connectivity index is 1.13. The predicted octanol–water partition coefficient (Wildman–Crippen LogP) is 6.41. The molecule has 264 valence electrons. The highest BCUT2D eigenvalue weighted by Crippen LogP contribution is 2.42.